The summed E-state index contributed by atoms with van der Waals surface area (Å²) in [6.45, 7) is 3.82. The van der Waals surface area contributed by atoms with E-state index in [2.05, 4.69) is 23.2 Å². The third kappa shape index (κ3) is 6.26. The molecule has 2 nitrogen and oxygen atoms in total. The van der Waals surface area contributed by atoms with Crippen LogP contribution in [0.15, 0.2) is 79.4 Å². The van der Waals surface area contributed by atoms with Crippen molar-refractivity contribution in [2.24, 2.45) is 0 Å². The van der Waals surface area contributed by atoms with Crippen molar-refractivity contribution in [3.63, 3.8) is 0 Å². The number of alkyl halides is 2. The van der Waals surface area contributed by atoms with Crippen molar-refractivity contribution in [3.8, 4) is 34.5 Å². The molecule has 40 heavy (non-hydrogen) atoms. The van der Waals surface area contributed by atoms with Crippen LogP contribution in [-0.2, 0) is 6.11 Å². The minimum atomic E-state index is -4.59. The van der Waals surface area contributed by atoms with E-state index < -0.39 is 63.5 Å². The van der Waals surface area contributed by atoms with E-state index in [9.17, 15) is 35.1 Å². The Morgan fingerprint density at radius 1 is 0.675 bits per heavy atom. The van der Waals surface area contributed by atoms with Gasteiger partial charge < -0.3 is 9.47 Å². The Morgan fingerprint density at radius 2 is 1.25 bits per heavy atom. The van der Waals surface area contributed by atoms with E-state index in [1.54, 1.807) is 30.3 Å². The molecule has 10 heteroatoms. The van der Waals surface area contributed by atoms with Gasteiger partial charge >= 0.3 is 6.11 Å². The summed E-state index contributed by atoms with van der Waals surface area (Å²) in [5, 5.41) is 0. The van der Waals surface area contributed by atoms with Crippen LogP contribution >= 0.6 is 0 Å². The number of benzene rings is 4. The van der Waals surface area contributed by atoms with Crippen molar-refractivity contribution >= 4 is 0 Å². The van der Waals surface area contributed by atoms with Gasteiger partial charge in [-0.25, -0.2) is 26.3 Å². The lowest BCUT2D eigenvalue weighted by atomic mass is 10.0. The molecule has 0 saturated heterocycles. The van der Waals surface area contributed by atoms with E-state index in [4.69, 9.17) is 4.74 Å². The number of hydrogen-bond acceptors (Lipinski definition) is 2. The molecule has 0 bridgehead atoms. The van der Waals surface area contributed by atoms with Gasteiger partial charge in [0.25, 0.3) is 0 Å². The first kappa shape index (κ1) is 28.2. The van der Waals surface area contributed by atoms with Gasteiger partial charge in [-0.3, -0.25) is 0 Å². The Morgan fingerprint density at radius 3 is 1.82 bits per heavy atom. The fraction of sp³-hybridized carbons (Fsp3) is 0.0667. The standard InChI is InChI=1S/C30H16F8O2/c1-2-11-39-20-7-5-17(6-8-20)3-4-18-12-24(32)28(25(33)13-18)30(37,38)40-21-9-10-22(23(31)16-21)19-14-26(34)29(36)27(35)15-19/h2,5-10,12-16H,1,11H2. The number of ether oxygens (including phenoxy) is 2. The summed E-state index contributed by atoms with van der Waals surface area (Å²) < 4.78 is 123. The quantitative estimate of drug-likeness (QED) is 0.0981. The molecule has 0 aliphatic carbocycles. The van der Waals surface area contributed by atoms with Gasteiger partial charge in [0, 0.05) is 22.8 Å². The minimum Gasteiger partial charge on any atom is -0.490 e. The Hall–Kier alpha value is -4.78. The maximum absolute atomic E-state index is 14.8. The number of hydrogen-bond donors (Lipinski definition) is 0. The molecule has 0 unspecified atom stereocenters. The Kier molecular flexibility index (Phi) is 8.14. The molecule has 204 valence electrons. The van der Waals surface area contributed by atoms with Crippen molar-refractivity contribution in [1.82, 2.24) is 0 Å². The van der Waals surface area contributed by atoms with Crippen molar-refractivity contribution in [2.45, 2.75) is 6.11 Å². The highest BCUT2D eigenvalue weighted by Gasteiger charge is 2.41. The van der Waals surface area contributed by atoms with Crippen LogP contribution in [0, 0.1) is 46.7 Å². The summed E-state index contributed by atoms with van der Waals surface area (Å²) >= 11 is 0. The molecule has 0 aliphatic heterocycles. The molecular formula is C30H16F8O2. The lowest BCUT2D eigenvalue weighted by Crippen LogP contribution is -2.25. The second kappa shape index (κ2) is 11.5. The first-order valence-corrected chi connectivity index (χ1v) is 11.3. The topological polar surface area (TPSA) is 18.5 Å². The van der Waals surface area contributed by atoms with Crippen LogP contribution in [-0.4, -0.2) is 6.61 Å². The van der Waals surface area contributed by atoms with Gasteiger partial charge in [0.1, 0.15) is 41.1 Å². The zero-order chi connectivity index (χ0) is 29.0. The normalized spacial score (nSPS) is 11.0. The van der Waals surface area contributed by atoms with Crippen LogP contribution in [0.2, 0.25) is 0 Å². The molecule has 4 aromatic rings. The first-order valence-electron chi connectivity index (χ1n) is 11.3. The predicted octanol–water partition coefficient (Wildman–Crippen LogP) is 8.28. The summed E-state index contributed by atoms with van der Waals surface area (Å²) in [4.78, 5) is 0. The molecule has 0 atom stereocenters. The average Bonchev–Trinajstić information content (AvgIpc) is 2.89. The minimum absolute atomic E-state index is 0.240. The predicted molar refractivity (Wildman–Crippen MR) is 131 cm³/mol. The van der Waals surface area contributed by atoms with Crippen LogP contribution in [0.5, 0.6) is 11.5 Å². The second-order valence-corrected chi connectivity index (χ2v) is 8.20. The SMILES string of the molecule is C=CCOc1ccc(C#Cc2cc(F)c(C(F)(F)Oc3ccc(-c4cc(F)c(F)c(F)c4)c(F)c3)c(F)c2)cc1. The molecule has 0 N–H and O–H groups in total. The molecule has 0 saturated carbocycles. The maximum Gasteiger partial charge on any atom is 0.432 e. The molecule has 0 heterocycles. The molecule has 0 aromatic heterocycles. The summed E-state index contributed by atoms with van der Waals surface area (Å²) in [7, 11) is 0. The summed E-state index contributed by atoms with van der Waals surface area (Å²) in [6, 6.07) is 10.6. The number of halogens is 8. The van der Waals surface area contributed by atoms with Gasteiger partial charge in [-0.1, -0.05) is 24.5 Å². The van der Waals surface area contributed by atoms with Crippen molar-refractivity contribution in [3.05, 3.63) is 131 Å². The summed E-state index contributed by atoms with van der Waals surface area (Å²) in [5.74, 6) is -4.75. The molecule has 0 fully saturated rings. The van der Waals surface area contributed by atoms with E-state index in [0.29, 0.717) is 48.3 Å². The van der Waals surface area contributed by atoms with Crippen LogP contribution in [0.25, 0.3) is 11.1 Å². The van der Waals surface area contributed by atoms with E-state index in [1.807, 2.05) is 0 Å². The van der Waals surface area contributed by atoms with Gasteiger partial charge in [-0.05, 0) is 66.2 Å². The van der Waals surface area contributed by atoms with E-state index in [-0.39, 0.29) is 5.56 Å². The lowest BCUT2D eigenvalue weighted by Gasteiger charge is -2.20. The highest BCUT2D eigenvalue weighted by Crippen LogP contribution is 2.37. The Bertz CT molecular complexity index is 1590. The lowest BCUT2D eigenvalue weighted by molar-refractivity contribution is -0.189. The zero-order valence-corrected chi connectivity index (χ0v) is 20.2. The van der Waals surface area contributed by atoms with E-state index in [0.717, 1.165) is 12.1 Å². The number of rotatable bonds is 7. The maximum atomic E-state index is 14.8. The van der Waals surface area contributed by atoms with E-state index >= 15 is 0 Å². The van der Waals surface area contributed by atoms with Gasteiger partial charge in [-0.2, -0.15) is 8.78 Å². The van der Waals surface area contributed by atoms with Gasteiger partial charge in [0.05, 0.1) is 0 Å². The zero-order valence-electron chi connectivity index (χ0n) is 20.2. The van der Waals surface area contributed by atoms with E-state index in [1.165, 1.54) is 0 Å². The monoisotopic (exact) mass is 560 g/mol. The largest absolute Gasteiger partial charge is 0.490 e. The second-order valence-electron chi connectivity index (χ2n) is 8.20. The average molecular weight is 560 g/mol. The Labute approximate surface area is 223 Å². The molecule has 4 rings (SSSR count). The third-order valence-corrected chi connectivity index (χ3v) is 5.39. The molecule has 0 radical (unpaired) electrons. The highest BCUT2D eigenvalue weighted by atomic mass is 19.3. The van der Waals surface area contributed by atoms with Crippen molar-refractivity contribution in [2.75, 3.05) is 6.61 Å². The fourth-order valence-corrected chi connectivity index (χ4v) is 3.56. The van der Waals surface area contributed by atoms with Crippen molar-refractivity contribution < 1.29 is 44.6 Å². The van der Waals surface area contributed by atoms with Crippen molar-refractivity contribution in [1.29, 1.82) is 0 Å². The van der Waals surface area contributed by atoms with Gasteiger partial charge in [0.15, 0.2) is 17.5 Å². The Balaban J connectivity index is 1.55. The molecule has 0 spiro atoms. The van der Waals surface area contributed by atoms with Crippen LogP contribution in [0.3, 0.4) is 0 Å². The fourth-order valence-electron chi connectivity index (χ4n) is 3.56. The van der Waals surface area contributed by atoms with Crippen LogP contribution in [0.1, 0.15) is 16.7 Å². The molecular weight excluding hydrogens is 544 g/mol. The molecule has 4 aromatic carbocycles. The molecule has 0 aliphatic rings. The van der Waals surface area contributed by atoms with Gasteiger partial charge in [-0.15, -0.1) is 0 Å². The first-order chi connectivity index (χ1) is 19.0. The summed E-state index contributed by atoms with van der Waals surface area (Å²) in [5.41, 5.74) is -2.41. The highest BCUT2D eigenvalue weighted by molar-refractivity contribution is 5.65. The van der Waals surface area contributed by atoms with Crippen LogP contribution in [0.4, 0.5) is 35.1 Å². The smallest absolute Gasteiger partial charge is 0.432 e. The summed E-state index contributed by atoms with van der Waals surface area (Å²) in [6.07, 6.45) is -3.03. The van der Waals surface area contributed by atoms with Crippen LogP contribution < -0.4 is 9.47 Å². The third-order valence-electron chi connectivity index (χ3n) is 5.39. The van der Waals surface area contributed by atoms with Gasteiger partial charge in [0.2, 0.25) is 0 Å². The molecule has 0 amide bonds.